The van der Waals surface area contributed by atoms with Crippen LogP contribution in [0.3, 0.4) is 0 Å². The minimum absolute atomic E-state index is 0.609. The van der Waals surface area contributed by atoms with Crippen LogP contribution in [0.5, 0.6) is 0 Å². The summed E-state index contributed by atoms with van der Waals surface area (Å²) in [5.41, 5.74) is 2.50. The molecule has 102 valence electrons. The average molecular weight is 252 g/mol. The highest BCUT2D eigenvalue weighted by molar-refractivity contribution is 5.45. The van der Waals surface area contributed by atoms with Crippen LogP contribution >= 0.6 is 0 Å². The number of hydrogen-bond donors (Lipinski definition) is 3. The summed E-state index contributed by atoms with van der Waals surface area (Å²) in [5.74, 6) is 6.70. The molecule has 1 aromatic heterocycles. The molecule has 0 aliphatic heterocycles. The van der Waals surface area contributed by atoms with E-state index >= 15 is 0 Å². The zero-order chi connectivity index (χ0) is 13.4. The highest BCUT2D eigenvalue weighted by Crippen LogP contribution is 2.07. The lowest BCUT2D eigenvalue weighted by Gasteiger charge is -2.20. The number of nitrogens with one attached hydrogen (secondary N) is 2. The topological polar surface area (TPSA) is 79.1 Å². The summed E-state index contributed by atoms with van der Waals surface area (Å²) in [6.07, 6.45) is 3.78. The Bertz CT molecular complexity index is 341. The van der Waals surface area contributed by atoms with Crippen molar-refractivity contribution < 1.29 is 0 Å². The van der Waals surface area contributed by atoms with Crippen LogP contribution in [-0.2, 0) is 0 Å². The molecule has 0 bridgehead atoms. The summed E-state index contributed by atoms with van der Waals surface area (Å²) < 4.78 is 0. The Labute approximate surface area is 109 Å². The van der Waals surface area contributed by atoms with E-state index in [4.69, 9.17) is 5.84 Å². The number of hydrazine groups is 1. The quantitative estimate of drug-likeness (QED) is 0.367. The van der Waals surface area contributed by atoms with Gasteiger partial charge in [-0.25, -0.2) is 15.8 Å². The minimum Gasteiger partial charge on any atom is -0.370 e. The van der Waals surface area contributed by atoms with Gasteiger partial charge in [-0.3, -0.25) is 0 Å². The molecule has 0 aliphatic rings. The molecular weight excluding hydrogens is 228 g/mol. The lowest BCUT2D eigenvalue weighted by Crippen LogP contribution is -2.27. The van der Waals surface area contributed by atoms with Gasteiger partial charge in [0.05, 0.1) is 0 Å². The Balaban J connectivity index is 2.17. The van der Waals surface area contributed by atoms with Crippen molar-refractivity contribution in [2.45, 2.75) is 32.7 Å². The number of anilines is 2. The first-order chi connectivity index (χ1) is 8.63. The first-order valence-electron chi connectivity index (χ1n) is 6.36. The maximum atomic E-state index is 5.28. The van der Waals surface area contributed by atoms with Crippen molar-refractivity contribution in [1.29, 1.82) is 0 Å². The second-order valence-electron chi connectivity index (χ2n) is 4.64. The van der Waals surface area contributed by atoms with Gasteiger partial charge in [0.25, 0.3) is 0 Å². The van der Waals surface area contributed by atoms with E-state index in [0.29, 0.717) is 11.9 Å². The number of rotatable bonds is 8. The summed E-state index contributed by atoms with van der Waals surface area (Å²) in [6.45, 7) is 6.45. The fraction of sp³-hybridized carbons (Fsp3) is 0.667. The molecule has 6 heteroatoms. The molecule has 1 heterocycles. The van der Waals surface area contributed by atoms with Gasteiger partial charge < -0.3 is 15.6 Å². The molecule has 1 rings (SSSR count). The average Bonchev–Trinajstić information content (AvgIpc) is 2.38. The van der Waals surface area contributed by atoms with Crippen LogP contribution in [0.4, 0.5) is 11.6 Å². The Hall–Kier alpha value is -1.40. The third-order valence-corrected chi connectivity index (χ3v) is 2.94. The van der Waals surface area contributed by atoms with Gasteiger partial charge in [-0.15, -0.1) is 0 Å². The van der Waals surface area contributed by atoms with Gasteiger partial charge in [0.1, 0.15) is 18.0 Å². The van der Waals surface area contributed by atoms with Gasteiger partial charge in [-0.1, -0.05) is 0 Å². The Morgan fingerprint density at radius 2 is 2.00 bits per heavy atom. The first kappa shape index (κ1) is 14.7. The lowest BCUT2D eigenvalue weighted by molar-refractivity contribution is 0.269. The zero-order valence-corrected chi connectivity index (χ0v) is 11.5. The monoisotopic (exact) mass is 252 g/mol. The summed E-state index contributed by atoms with van der Waals surface area (Å²) >= 11 is 0. The normalized spacial score (nSPS) is 11.0. The number of hydrogen-bond acceptors (Lipinski definition) is 6. The third-order valence-electron chi connectivity index (χ3n) is 2.94. The maximum Gasteiger partial charge on any atom is 0.145 e. The molecule has 0 spiro atoms. The van der Waals surface area contributed by atoms with Gasteiger partial charge in [-0.05, 0) is 40.3 Å². The molecule has 0 unspecified atom stereocenters. The first-order valence-corrected chi connectivity index (χ1v) is 6.36. The standard InChI is InChI=1S/C12H24N6/c1-10(2)18(3)7-5-4-6-14-11-8-12(17-13)16-9-15-11/h8-10H,4-7,13H2,1-3H3,(H2,14,15,16,17). The number of unbranched alkanes of at least 4 members (excludes halogenated alkanes) is 1. The van der Waals surface area contributed by atoms with E-state index < -0.39 is 0 Å². The van der Waals surface area contributed by atoms with E-state index in [9.17, 15) is 0 Å². The van der Waals surface area contributed by atoms with Crippen LogP contribution in [0.15, 0.2) is 12.4 Å². The van der Waals surface area contributed by atoms with Crippen molar-refractivity contribution in [1.82, 2.24) is 14.9 Å². The highest BCUT2D eigenvalue weighted by atomic mass is 15.3. The van der Waals surface area contributed by atoms with Crippen molar-refractivity contribution in [2.75, 3.05) is 30.9 Å². The van der Waals surface area contributed by atoms with Crippen LogP contribution in [0.2, 0.25) is 0 Å². The number of aromatic nitrogens is 2. The zero-order valence-electron chi connectivity index (χ0n) is 11.5. The van der Waals surface area contributed by atoms with Crippen LogP contribution in [0.25, 0.3) is 0 Å². The van der Waals surface area contributed by atoms with Gasteiger partial charge >= 0.3 is 0 Å². The number of nitrogen functional groups attached to an aromatic ring is 1. The predicted molar refractivity (Wildman–Crippen MR) is 75.3 cm³/mol. The molecule has 18 heavy (non-hydrogen) atoms. The van der Waals surface area contributed by atoms with Crippen molar-refractivity contribution in [3.8, 4) is 0 Å². The molecule has 0 aliphatic carbocycles. The molecule has 0 atom stereocenters. The van der Waals surface area contributed by atoms with Gasteiger partial charge in [0.2, 0.25) is 0 Å². The van der Waals surface area contributed by atoms with Crippen LogP contribution in [0.1, 0.15) is 26.7 Å². The Morgan fingerprint density at radius 3 is 2.67 bits per heavy atom. The van der Waals surface area contributed by atoms with Crippen molar-refractivity contribution in [3.05, 3.63) is 12.4 Å². The molecular formula is C12H24N6. The van der Waals surface area contributed by atoms with Gasteiger partial charge in [-0.2, -0.15) is 0 Å². The van der Waals surface area contributed by atoms with Crippen LogP contribution < -0.4 is 16.6 Å². The van der Waals surface area contributed by atoms with Crippen molar-refractivity contribution in [3.63, 3.8) is 0 Å². The maximum absolute atomic E-state index is 5.28. The van der Waals surface area contributed by atoms with E-state index in [-0.39, 0.29) is 0 Å². The van der Waals surface area contributed by atoms with E-state index in [0.717, 1.165) is 25.3 Å². The smallest absolute Gasteiger partial charge is 0.145 e. The number of nitrogens with zero attached hydrogens (tertiary/aromatic N) is 3. The SMILES string of the molecule is CC(C)N(C)CCCCNc1cc(NN)ncn1. The molecule has 0 aromatic carbocycles. The highest BCUT2D eigenvalue weighted by Gasteiger charge is 2.02. The number of nitrogens with two attached hydrogens (primary N) is 1. The minimum atomic E-state index is 0.609. The molecule has 1 aromatic rings. The van der Waals surface area contributed by atoms with Gasteiger partial charge in [0.15, 0.2) is 0 Å². The fourth-order valence-corrected chi connectivity index (χ4v) is 1.49. The van der Waals surface area contributed by atoms with Crippen molar-refractivity contribution in [2.24, 2.45) is 5.84 Å². The van der Waals surface area contributed by atoms with Crippen LogP contribution in [0, 0.1) is 0 Å². The van der Waals surface area contributed by atoms with Crippen molar-refractivity contribution >= 4 is 11.6 Å². The Kier molecular flexibility index (Phi) is 6.38. The second-order valence-corrected chi connectivity index (χ2v) is 4.64. The Morgan fingerprint density at radius 1 is 1.28 bits per heavy atom. The molecule has 0 saturated carbocycles. The fourth-order valence-electron chi connectivity index (χ4n) is 1.49. The second kappa shape index (κ2) is 7.84. The lowest BCUT2D eigenvalue weighted by atomic mass is 10.2. The molecule has 0 saturated heterocycles. The third kappa shape index (κ3) is 5.29. The van der Waals surface area contributed by atoms with E-state index in [1.165, 1.54) is 12.7 Å². The summed E-state index contributed by atoms with van der Waals surface area (Å²) in [6, 6.07) is 2.40. The van der Waals surface area contributed by atoms with E-state index in [1.807, 2.05) is 0 Å². The predicted octanol–water partition coefficient (Wildman–Crippen LogP) is 1.29. The molecule has 4 N–H and O–H groups in total. The van der Waals surface area contributed by atoms with E-state index in [2.05, 4.69) is 46.5 Å². The molecule has 6 nitrogen and oxygen atoms in total. The molecule has 0 radical (unpaired) electrons. The van der Waals surface area contributed by atoms with Crippen LogP contribution in [-0.4, -0.2) is 41.0 Å². The molecule has 0 fully saturated rings. The van der Waals surface area contributed by atoms with Gasteiger partial charge in [0, 0.05) is 18.7 Å². The molecule has 0 amide bonds. The summed E-state index contributed by atoms with van der Waals surface area (Å²) in [7, 11) is 2.15. The van der Waals surface area contributed by atoms with E-state index in [1.54, 1.807) is 6.07 Å². The summed E-state index contributed by atoms with van der Waals surface area (Å²) in [5, 5.41) is 3.26. The summed E-state index contributed by atoms with van der Waals surface area (Å²) in [4.78, 5) is 10.4. The largest absolute Gasteiger partial charge is 0.370 e.